The summed E-state index contributed by atoms with van der Waals surface area (Å²) >= 11 is 0. The van der Waals surface area contributed by atoms with E-state index in [2.05, 4.69) is 55.4 Å². The minimum Gasteiger partial charge on any atom is -0.494 e. The highest BCUT2D eigenvalue weighted by atomic mass is 16.8. The zero-order valence-electron chi connectivity index (χ0n) is 32.4. The van der Waals surface area contributed by atoms with Crippen molar-refractivity contribution in [1.29, 1.82) is 0 Å². The zero-order chi connectivity index (χ0) is 34.8. The lowest BCUT2D eigenvalue weighted by Crippen LogP contribution is -2.34. The van der Waals surface area contributed by atoms with Gasteiger partial charge in [-0.15, -0.1) is 0 Å². The number of hydrogen-bond donors (Lipinski definition) is 0. The Morgan fingerprint density at radius 2 is 0.681 bits per heavy atom. The molecule has 0 saturated carbocycles. The van der Waals surface area contributed by atoms with Crippen LogP contribution < -0.4 is 0 Å². The van der Waals surface area contributed by atoms with E-state index in [-0.39, 0.29) is 0 Å². The number of ether oxygens (including phenoxy) is 7. The SMILES string of the molecule is CCCCCCCCOC(OC(OCCCCCCCC)C(OCCC)=C(CCC)OCCC)C(OCCC)=C(CCC)OCCC. The maximum Gasteiger partial charge on any atom is 0.223 e. The lowest BCUT2D eigenvalue weighted by molar-refractivity contribution is -0.243. The normalized spacial score (nSPS) is 14.0. The molecule has 0 amide bonds. The Kier molecular flexibility index (Phi) is 33.4. The molecule has 0 rings (SSSR count). The molecular weight excluding hydrogens is 592 g/mol. The van der Waals surface area contributed by atoms with Gasteiger partial charge in [-0.25, -0.2) is 0 Å². The van der Waals surface area contributed by atoms with Crippen LogP contribution >= 0.6 is 0 Å². The average Bonchev–Trinajstić information content (AvgIpc) is 3.08. The van der Waals surface area contributed by atoms with Gasteiger partial charge in [0.05, 0.1) is 39.6 Å². The summed E-state index contributed by atoms with van der Waals surface area (Å²) in [4.78, 5) is 0. The summed E-state index contributed by atoms with van der Waals surface area (Å²) in [6.07, 6.45) is 19.5. The monoisotopic (exact) mass is 671 g/mol. The Morgan fingerprint density at radius 3 is 1.02 bits per heavy atom. The van der Waals surface area contributed by atoms with E-state index >= 15 is 0 Å². The molecule has 47 heavy (non-hydrogen) atoms. The molecule has 0 fully saturated rings. The predicted octanol–water partition coefficient (Wildman–Crippen LogP) is 12.1. The smallest absolute Gasteiger partial charge is 0.223 e. The fourth-order valence-electron chi connectivity index (χ4n) is 5.03. The van der Waals surface area contributed by atoms with Gasteiger partial charge in [0.1, 0.15) is 11.5 Å². The summed E-state index contributed by atoms with van der Waals surface area (Å²) in [6, 6.07) is 0. The molecule has 2 unspecified atom stereocenters. The zero-order valence-corrected chi connectivity index (χ0v) is 32.4. The topological polar surface area (TPSA) is 64.6 Å². The van der Waals surface area contributed by atoms with Crippen molar-refractivity contribution in [3.05, 3.63) is 23.0 Å². The summed E-state index contributed by atoms with van der Waals surface area (Å²) < 4.78 is 45.7. The second kappa shape index (κ2) is 34.4. The van der Waals surface area contributed by atoms with Gasteiger partial charge in [-0.2, -0.15) is 0 Å². The molecule has 280 valence electrons. The van der Waals surface area contributed by atoms with Gasteiger partial charge in [-0.1, -0.05) is 120 Å². The summed E-state index contributed by atoms with van der Waals surface area (Å²) in [6.45, 7) is 20.8. The fraction of sp³-hybridized carbons (Fsp3) is 0.900. The molecule has 0 aliphatic heterocycles. The first-order valence-corrected chi connectivity index (χ1v) is 19.9. The van der Waals surface area contributed by atoms with Crippen LogP contribution in [-0.2, 0) is 33.2 Å². The van der Waals surface area contributed by atoms with Crippen LogP contribution in [0.25, 0.3) is 0 Å². The van der Waals surface area contributed by atoms with Crippen LogP contribution in [0, 0.1) is 0 Å². The maximum absolute atomic E-state index is 6.90. The van der Waals surface area contributed by atoms with Crippen LogP contribution in [0.1, 0.15) is 184 Å². The van der Waals surface area contributed by atoms with Crippen molar-refractivity contribution in [1.82, 2.24) is 0 Å². The lowest BCUT2D eigenvalue weighted by Gasteiger charge is -2.30. The van der Waals surface area contributed by atoms with Crippen LogP contribution in [0.15, 0.2) is 23.0 Å². The molecule has 0 aromatic heterocycles. The molecule has 0 aliphatic rings. The summed E-state index contributed by atoms with van der Waals surface area (Å²) in [7, 11) is 0. The Labute approximate surface area is 291 Å². The Morgan fingerprint density at radius 1 is 0.340 bits per heavy atom. The van der Waals surface area contributed by atoms with Gasteiger partial charge in [-0.05, 0) is 51.4 Å². The third-order valence-electron chi connectivity index (χ3n) is 7.60. The van der Waals surface area contributed by atoms with Gasteiger partial charge in [0.15, 0.2) is 11.5 Å². The van der Waals surface area contributed by atoms with Gasteiger partial charge >= 0.3 is 0 Å². The first-order chi connectivity index (χ1) is 23.1. The molecule has 0 aliphatic carbocycles. The van der Waals surface area contributed by atoms with E-state index in [4.69, 9.17) is 33.2 Å². The van der Waals surface area contributed by atoms with Crippen molar-refractivity contribution in [3.8, 4) is 0 Å². The van der Waals surface area contributed by atoms with Gasteiger partial charge < -0.3 is 33.2 Å². The van der Waals surface area contributed by atoms with E-state index in [0.29, 0.717) is 51.2 Å². The Balaban J connectivity index is 6.66. The van der Waals surface area contributed by atoms with E-state index < -0.39 is 12.6 Å². The first kappa shape index (κ1) is 45.6. The van der Waals surface area contributed by atoms with Crippen LogP contribution in [0.3, 0.4) is 0 Å². The summed E-state index contributed by atoms with van der Waals surface area (Å²) in [5.74, 6) is 2.87. The Bertz CT molecular complexity index is 676. The van der Waals surface area contributed by atoms with Crippen molar-refractivity contribution in [2.24, 2.45) is 0 Å². The molecule has 0 aromatic carbocycles. The van der Waals surface area contributed by atoms with Gasteiger partial charge in [0, 0.05) is 12.8 Å². The molecule has 0 saturated heterocycles. The average molecular weight is 671 g/mol. The van der Waals surface area contributed by atoms with Crippen molar-refractivity contribution in [2.45, 2.75) is 196 Å². The van der Waals surface area contributed by atoms with Crippen molar-refractivity contribution >= 4 is 0 Å². The van der Waals surface area contributed by atoms with Gasteiger partial charge in [0.25, 0.3) is 0 Å². The van der Waals surface area contributed by atoms with E-state index in [1.165, 1.54) is 51.4 Å². The van der Waals surface area contributed by atoms with E-state index in [9.17, 15) is 0 Å². The Hall–Kier alpha value is -1.44. The molecule has 0 N–H and O–H groups in total. The van der Waals surface area contributed by atoms with E-state index in [0.717, 1.165) is 88.6 Å². The molecule has 7 heteroatoms. The molecule has 2 atom stereocenters. The summed E-state index contributed by atoms with van der Waals surface area (Å²) in [5, 5.41) is 0. The van der Waals surface area contributed by atoms with Crippen LogP contribution in [-0.4, -0.2) is 52.2 Å². The minimum absolute atomic E-state index is 0.553. The second-order valence-corrected chi connectivity index (χ2v) is 12.5. The molecule has 0 spiro atoms. The van der Waals surface area contributed by atoms with Crippen molar-refractivity contribution in [2.75, 3.05) is 39.6 Å². The largest absolute Gasteiger partial charge is 0.494 e. The quantitative estimate of drug-likeness (QED) is 0.0373. The molecule has 0 aromatic rings. The van der Waals surface area contributed by atoms with Gasteiger partial charge in [0.2, 0.25) is 12.6 Å². The minimum atomic E-state index is -0.792. The first-order valence-electron chi connectivity index (χ1n) is 19.9. The number of rotatable bonds is 36. The molecule has 0 radical (unpaired) electrons. The summed E-state index contributed by atoms with van der Waals surface area (Å²) in [5.41, 5.74) is 0. The highest BCUT2D eigenvalue weighted by molar-refractivity contribution is 5.09. The molecular formula is C40H78O7. The van der Waals surface area contributed by atoms with E-state index in [1.54, 1.807) is 0 Å². The van der Waals surface area contributed by atoms with Crippen molar-refractivity contribution in [3.63, 3.8) is 0 Å². The predicted molar refractivity (Wildman–Crippen MR) is 196 cm³/mol. The van der Waals surface area contributed by atoms with Crippen molar-refractivity contribution < 1.29 is 33.2 Å². The maximum atomic E-state index is 6.90. The van der Waals surface area contributed by atoms with Crippen LogP contribution in [0.5, 0.6) is 0 Å². The van der Waals surface area contributed by atoms with Gasteiger partial charge in [-0.3, -0.25) is 0 Å². The highest BCUT2D eigenvalue weighted by Gasteiger charge is 2.32. The third-order valence-corrected chi connectivity index (χ3v) is 7.60. The lowest BCUT2D eigenvalue weighted by atomic mass is 10.1. The number of allylic oxidation sites excluding steroid dienone is 2. The molecule has 0 bridgehead atoms. The number of unbranched alkanes of at least 4 members (excludes halogenated alkanes) is 10. The van der Waals surface area contributed by atoms with Crippen LogP contribution in [0.4, 0.5) is 0 Å². The second-order valence-electron chi connectivity index (χ2n) is 12.5. The molecule has 0 heterocycles. The standard InChI is InChI=1S/C40H78O7/c1-9-17-19-21-23-25-33-45-39(37(43-31-15-7)35(27-11-3)41-29-13-5)47-40(46-34-26-24-22-20-18-10-2)38(44-32-16-8)36(28-12-4)42-30-14-6/h39-40H,9-34H2,1-8H3. The highest BCUT2D eigenvalue weighted by Crippen LogP contribution is 2.28. The molecule has 7 nitrogen and oxygen atoms in total. The fourth-order valence-corrected chi connectivity index (χ4v) is 5.03. The third kappa shape index (κ3) is 23.5. The number of hydrogen-bond acceptors (Lipinski definition) is 7. The van der Waals surface area contributed by atoms with Crippen LogP contribution in [0.2, 0.25) is 0 Å². The van der Waals surface area contributed by atoms with E-state index in [1.807, 2.05) is 0 Å².